The van der Waals surface area contributed by atoms with Crippen molar-refractivity contribution in [1.82, 2.24) is 14.5 Å². The van der Waals surface area contributed by atoms with Crippen molar-refractivity contribution in [2.75, 3.05) is 32.7 Å². The number of ether oxygens (including phenoxy) is 2. The monoisotopic (exact) mass is 447 g/mol. The highest BCUT2D eigenvalue weighted by molar-refractivity contribution is 7.53. The molecule has 1 amide bonds. The van der Waals surface area contributed by atoms with Crippen molar-refractivity contribution < 1.29 is 27.9 Å². The number of hydrogen-bond acceptors (Lipinski definition) is 8. The van der Waals surface area contributed by atoms with Crippen LogP contribution < -0.4 is 11.2 Å². The molecule has 11 nitrogen and oxygen atoms in total. The predicted molar refractivity (Wildman–Crippen MR) is 108 cm³/mol. The summed E-state index contributed by atoms with van der Waals surface area (Å²) >= 11 is 0. The standard InChI is InChI=1S/C18H30N3O8P/c1-6-27-30(25,28-7-2)12-21(9-14-11-26-18(4,5)29-14)15(22)10-20-8-13(3)16(23)19-17(20)24/h8,14H,6-7,9-12H2,1-5H3,(H,19,23,24)/t14-/m0/s1. The van der Waals surface area contributed by atoms with Crippen molar-refractivity contribution in [1.29, 1.82) is 0 Å². The first-order valence-corrected chi connectivity index (χ1v) is 11.5. The lowest BCUT2D eigenvalue weighted by atomic mass is 10.3. The lowest BCUT2D eigenvalue weighted by molar-refractivity contribution is -0.146. The zero-order chi connectivity index (χ0) is 22.5. The van der Waals surface area contributed by atoms with Gasteiger partial charge >= 0.3 is 13.3 Å². The highest BCUT2D eigenvalue weighted by Gasteiger charge is 2.37. The number of amides is 1. The van der Waals surface area contributed by atoms with E-state index in [2.05, 4.69) is 4.98 Å². The molecule has 0 aliphatic carbocycles. The number of rotatable bonds is 10. The Bertz CT molecular complexity index is 899. The fourth-order valence-corrected chi connectivity index (χ4v) is 4.76. The Kier molecular flexibility index (Phi) is 8.18. The maximum atomic E-state index is 13.0. The average Bonchev–Trinajstić information content (AvgIpc) is 2.98. The minimum Gasteiger partial charge on any atom is -0.348 e. The molecule has 1 fully saturated rings. The van der Waals surface area contributed by atoms with Gasteiger partial charge in [0.1, 0.15) is 18.9 Å². The second-order valence-corrected chi connectivity index (χ2v) is 9.38. The van der Waals surface area contributed by atoms with Gasteiger partial charge in [-0.25, -0.2) is 4.79 Å². The number of hydrogen-bond donors (Lipinski definition) is 1. The topological polar surface area (TPSA) is 129 Å². The molecule has 0 spiro atoms. The van der Waals surface area contributed by atoms with E-state index in [-0.39, 0.29) is 44.8 Å². The number of carbonyl (C=O) groups is 1. The summed E-state index contributed by atoms with van der Waals surface area (Å²) in [6, 6.07) is 0. The molecule has 0 aromatic carbocycles. The molecule has 30 heavy (non-hydrogen) atoms. The van der Waals surface area contributed by atoms with Gasteiger partial charge < -0.3 is 23.4 Å². The molecule has 1 aliphatic rings. The molecule has 0 radical (unpaired) electrons. The quantitative estimate of drug-likeness (QED) is 0.527. The fraction of sp³-hybridized carbons (Fsp3) is 0.722. The van der Waals surface area contributed by atoms with Gasteiger partial charge in [0.2, 0.25) is 5.91 Å². The highest BCUT2D eigenvalue weighted by Crippen LogP contribution is 2.48. The van der Waals surface area contributed by atoms with Crippen LogP contribution in [-0.2, 0) is 34.4 Å². The van der Waals surface area contributed by atoms with Crippen molar-refractivity contribution in [3.05, 3.63) is 32.6 Å². The van der Waals surface area contributed by atoms with Crippen LogP contribution in [0.2, 0.25) is 0 Å². The molecule has 0 saturated carbocycles. The number of aromatic nitrogens is 2. The largest absolute Gasteiger partial charge is 0.349 e. The average molecular weight is 447 g/mol. The minimum atomic E-state index is -3.59. The Morgan fingerprint density at radius 1 is 1.33 bits per heavy atom. The van der Waals surface area contributed by atoms with Gasteiger partial charge in [-0.1, -0.05) is 0 Å². The molecule has 1 saturated heterocycles. The van der Waals surface area contributed by atoms with Crippen molar-refractivity contribution in [3.63, 3.8) is 0 Å². The molecule has 1 aromatic rings. The summed E-state index contributed by atoms with van der Waals surface area (Å²) in [5.41, 5.74) is -0.938. The van der Waals surface area contributed by atoms with Gasteiger partial charge in [-0.2, -0.15) is 0 Å². The number of carbonyl (C=O) groups excluding carboxylic acids is 1. The summed E-state index contributed by atoms with van der Waals surface area (Å²) in [6.45, 7) is 8.66. The fourth-order valence-electron chi connectivity index (χ4n) is 3.04. The zero-order valence-corrected chi connectivity index (χ0v) is 18.9. The van der Waals surface area contributed by atoms with E-state index >= 15 is 0 Å². The normalized spacial score (nSPS) is 18.5. The molecule has 1 aromatic heterocycles. The van der Waals surface area contributed by atoms with E-state index in [9.17, 15) is 18.9 Å². The van der Waals surface area contributed by atoms with Crippen LogP contribution in [-0.4, -0.2) is 64.9 Å². The van der Waals surface area contributed by atoms with Crippen molar-refractivity contribution in [3.8, 4) is 0 Å². The summed E-state index contributed by atoms with van der Waals surface area (Å²) < 4.78 is 36.1. The van der Waals surface area contributed by atoms with E-state index in [1.54, 1.807) is 27.7 Å². The molecule has 1 aliphatic heterocycles. The van der Waals surface area contributed by atoms with Gasteiger partial charge in [0.25, 0.3) is 5.56 Å². The van der Waals surface area contributed by atoms with Crippen LogP contribution >= 0.6 is 7.60 Å². The van der Waals surface area contributed by atoms with Gasteiger partial charge in [-0.3, -0.25) is 23.7 Å². The van der Waals surface area contributed by atoms with E-state index < -0.39 is 36.6 Å². The third-order valence-electron chi connectivity index (χ3n) is 4.33. The molecular formula is C18H30N3O8P. The molecule has 2 heterocycles. The Hall–Kier alpha value is -1.78. The van der Waals surface area contributed by atoms with E-state index in [0.717, 1.165) is 4.57 Å². The van der Waals surface area contributed by atoms with Crippen LogP contribution in [0.3, 0.4) is 0 Å². The Morgan fingerprint density at radius 2 is 1.97 bits per heavy atom. The Morgan fingerprint density at radius 3 is 2.50 bits per heavy atom. The van der Waals surface area contributed by atoms with E-state index in [4.69, 9.17) is 18.5 Å². The van der Waals surface area contributed by atoms with Gasteiger partial charge in [-0.15, -0.1) is 0 Å². The molecule has 1 atom stereocenters. The van der Waals surface area contributed by atoms with Gasteiger partial charge in [0.15, 0.2) is 5.79 Å². The van der Waals surface area contributed by atoms with Gasteiger partial charge in [-0.05, 0) is 34.6 Å². The Balaban J connectivity index is 2.26. The van der Waals surface area contributed by atoms with Crippen LogP contribution in [0.5, 0.6) is 0 Å². The van der Waals surface area contributed by atoms with Crippen molar-refractivity contribution >= 4 is 13.5 Å². The van der Waals surface area contributed by atoms with Gasteiger partial charge in [0.05, 0.1) is 26.4 Å². The molecule has 2 rings (SSSR count). The Labute approximate surface area is 174 Å². The first-order chi connectivity index (χ1) is 14.0. The van der Waals surface area contributed by atoms with Crippen LogP contribution in [0.4, 0.5) is 0 Å². The van der Waals surface area contributed by atoms with Crippen LogP contribution in [0, 0.1) is 6.92 Å². The number of H-pyrrole nitrogens is 1. The molecule has 0 unspecified atom stereocenters. The lowest BCUT2D eigenvalue weighted by Crippen LogP contribution is -2.43. The first-order valence-electron chi connectivity index (χ1n) is 9.76. The SMILES string of the molecule is CCOP(=O)(CN(C[C@H]1COC(C)(C)O1)C(=O)Cn1cc(C)c(=O)[nH]c1=O)OCC. The minimum absolute atomic E-state index is 0.0729. The lowest BCUT2D eigenvalue weighted by Gasteiger charge is -2.29. The smallest absolute Gasteiger partial charge is 0.348 e. The number of aryl methyl sites for hydroxylation is 1. The first kappa shape index (κ1) is 24.5. The third kappa shape index (κ3) is 6.61. The number of nitrogens with one attached hydrogen (secondary N) is 1. The van der Waals surface area contributed by atoms with E-state index in [1.165, 1.54) is 18.0 Å². The van der Waals surface area contributed by atoms with Crippen molar-refractivity contribution in [2.24, 2.45) is 0 Å². The maximum Gasteiger partial charge on any atom is 0.349 e. The molecular weight excluding hydrogens is 417 g/mol. The molecule has 170 valence electrons. The second kappa shape index (κ2) is 10.0. The van der Waals surface area contributed by atoms with Crippen LogP contribution in [0.15, 0.2) is 15.8 Å². The van der Waals surface area contributed by atoms with E-state index in [1.807, 2.05) is 0 Å². The highest BCUT2D eigenvalue weighted by atomic mass is 31.2. The summed E-state index contributed by atoms with van der Waals surface area (Å²) in [5, 5.41) is 0. The number of nitrogens with zero attached hydrogens (tertiary/aromatic N) is 2. The summed E-state index contributed by atoms with van der Waals surface area (Å²) in [5.74, 6) is -1.30. The van der Waals surface area contributed by atoms with Crippen LogP contribution in [0.1, 0.15) is 33.3 Å². The molecule has 12 heteroatoms. The third-order valence-corrected chi connectivity index (χ3v) is 6.33. The summed E-state index contributed by atoms with van der Waals surface area (Å²) in [7, 11) is -3.59. The van der Waals surface area contributed by atoms with Crippen LogP contribution in [0.25, 0.3) is 0 Å². The van der Waals surface area contributed by atoms with Gasteiger partial charge in [0, 0.05) is 11.8 Å². The van der Waals surface area contributed by atoms with E-state index in [0.29, 0.717) is 0 Å². The molecule has 1 N–H and O–H groups in total. The second-order valence-electron chi connectivity index (χ2n) is 7.35. The molecule has 0 bridgehead atoms. The predicted octanol–water partition coefficient (Wildman–Crippen LogP) is 1.05. The summed E-state index contributed by atoms with van der Waals surface area (Å²) in [4.78, 5) is 40.1. The maximum absolute atomic E-state index is 13.0. The van der Waals surface area contributed by atoms with Crippen molar-refractivity contribution in [2.45, 2.75) is 53.1 Å². The zero-order valence-electron chi connectivity index (χ0n) is 18.0. The summed E-state index contributed by atoms with van der Waals surface area (Å²) in [6.07, 6.45) is 0.556. The number of aromatic amines is 1.